The number of carbonyl (C=O) groups is 5. The Morgan fingerprint density at radius 2 is 1.71 bits per heavy atom. The molecule has 4 heterocycles. The molecular formula is C44H63N3O11. The van der Waals surface area contributed by atoms with Gasteiger partial charge < -0.3 is 39.0 Å². The summed E-state index contributed by atoms with van der Waals surface area (Å²) in [5.74, 6) is -7.59. The Morgan fingerprint density at radius 3 is 2.36 bits per heavy atom. The number of aliphatic hydroxyl groups excluding tert-OH is 1. The summed E-state index contributed by atoms with van der Waals surface area (Å²) in [6, 6.07) is 8.10. The second kappa shape index (κ2) is 18.2. The number of amides is 1. The number of fused-ring (bicyclic) bond motifs is 2. The first-order chi connectivity index (χ1) is 27.3. The molecule has 0 saturated carbocycles. The Bertz CT molecular complexity index is 1840. The fourth-order valence-corrected chi connectivity index (χ4v) is 9.54. The van der Waals surface area contributed by atoms with Crippen LogP contribution in [0.15, 0.2) is 36.5 Å². The molecule has 5 rings (SSSR count). The molecule has 3 aliphatic rings. The third kappa shape index (κ3) is 9.16. The van der Waals surface area contributed by atoms with Gasteiger partial charge in [0.2, 0.25) is 5.91 Å². The Kier molecular flexibility index (Phi) is 14.2. The number of nitrogens with zero attached hydrogens (tertiary/aromatic N) is 2. The molecule has 0 spiro atoms. The summed E-state index contributed by atoms with van der Waals surface area (Å²) in [6.07, 6.45) is -1.75. The standard InChI is InChI=1S/C44H63N3O11/c1-12-32-44(8)34(35(41(53)58-44)46-33(48)18-17-28-20-29-15-13-14-16-30(29)45-22-28)25(4)36(49)23(2)21-43(7,54-11)39(26(5)37(50)27(6)40(52)56-32)57-42-38(51)31(47(9)10)19-24(3)55-42/h13-16,20,22-27,31-32,34-35,38-39,42,51H,12,17-19,21H2,1-11H3,(H,46,48)/t23-,24-,25-,26+,27-,31+,32-,34+,35?,38-,39-,42+,43-,44-/m1/s1. The molecule has 0 bridgehead atoms. The van der Waals surface area contributed by atoms with Crippen LogP contribution in [0, 0.1) is 29.6 Å². The highest BCUT2D eigenvalue weighted by molar-refractivity contribution is 6.00. The molecule has 1 amide bonds. The molecule has 0 aliphatic carbocycles. The maximum atomic E-state index is 14.7. The molecule has 2 N–H and O–H groups in total. The third-order valence-electron chi connectivity index (χ3n) is 13.0. The van der Waals surface area contributed by atoms with E-state index in [-0.39, 0.29) is 37.2 Å². The maximum Gasteiger partial charge on any atom is 0.329 e. The highest BCUT2D eigenvalue weighted by Gasteiger charge is 2.62. The van der Waals surface area contributed by atoms with Crippen molar-refractivity contribution in [2.75, 3.05) is 21.2 Å². The number of nitrogens with one attached hydrogen (secondary N) is 1. The van der Waals surface area contributed by atoms with Crippen molar-refractivity contribution in [2.45, 2.75) is 141 Å². The van der Waals surface area contributed by atoms with Crippen LogP contribution in [0.3, 0.4) is 0 Å². The van der Waals surface area contributed by atoms with E-state index in [1.807, 2.05) is 56.3 Å². The number of cyclic esters (lactones) is 1. The number of aromatic nitrogens is 1. The number of hydrogen-bond donors (Lipinski definition) is 2. The summed E-state index contributed by atoms with van der Waals surface area (Å²) in [7, 11) is 5.18. The van der Waals surface area contributed by atoms with Gasteiger partial charge in [0.25, 0.3) is 0 Å². The molecule has 0 radical (unpaired) electrons. The number of ether oxygens (including phenoxy) is 5. The molecule has 1 aromatic heterocycles. The van der Waals surface area contributed by atoms with E-state index in [1.54, 1.807) is 47.7 Å². The fourth-order valence-electron chi connectivity index (χ4n) is 9.54. The van der Waals surface area contributed by atoms with Crippen LogP contribution in [0.1, 0.15) is 86.6 Å². The lowest BCUT2D eigenvalue weighted by Crippen LogP contribution is -2.59. The van der Waals surface area contributed by atoms with Crippen LogP contribution in [0.4, 0.5) is 0 Å². The van der Waals surface area contributed by atoms with Crippen LogP contribution in [0.25, 0.3) is 10.9 Å². The Hall–Kier alpha value is -3.82. The second-order valence-corrected chi connectivity index (χ2v) is 17.4. The number of aryl methyl sites for hydroxylation is 1. The first-order valence-electron chi connectivity index (χ1n) is 20.6. The minimum Gasteiger partial charge on any atom is -0.458 e. The van der Waals surface area contributed by atoms with Crippen LogP contribution >= 0.6 is 0 Å². The van der Waals surface area contributed by atoms with Gasteiger partial charge in [-0.1, -0.05) is 45.9 Å². The smallest absolute Gasteiger partial charge is 0.329 e. The summed E-state index contributed by atoms with van der Waals surface area (Å²) in [4.78, 5) is 76.8. The van der Waals surface area contributed by atoms with Crippen LogP contribution in [0.5, 0.6) is 0 Å². The number of likely N-dealkylation sites (N-methyl/N-ethyl adjacent to an activating group) is 1. The largest absolute Gasteiger partial charge is 0.458 e. The molecule has 1 aromatic carbocycles. The van der Waals surface area contributed by atoms with Gasteiger partial charge in [-0.3, -0.25) is 24.2 Å². The lowest BCUT2D eigenvalue weighted by molar-refractivity contribution is -0.295. The van der Waals surface area contributed by atoms with Crippen molar-refractivity contribution < 1.29 is 52.8 Å². The lowest BCUT2D eigenvalue weighted by atomic mass is 9.69. The summed E-state index contributed by atoms with van der Waals surface area (Å²) in [5, 5.41) is 15.2. The van der Waals surface area contributed by atoms with Gasteiger partial charge in [0.05, 0.1) is 23.3 Å². The third-order valence-corrected chi connectivity index (χ3v) is 13.0. The number of para-hydroxylation sites is 1. The van der Waals surface area contributed by atoms with E-state index in [9.17, 15) is 29.1 Å². The van der Waals surface area contributed by atoms with E-state index in [4.69, 9.17) is 23.7 Å². The van der Waals surface area contributed by atoms with E-state index >= 15 is 0 Å². The molecule has 3 aliphatic heterocycles. The minimum atomic E-state index is -1.54. The molecule has 14 atom stereocenters. The van der Waals surface area contributed by atoms with Gasteiger partial charge in [-0.05, 0) is 85.2 Å². The zero-order valence-electron chi connectivity index (χ0n) is 35.9. The van der Waals surface area contributed by atoms with Gasteiger partial charge in [-0.2, -0.15) is 0 Å². The zero-order valence-corrected chi connectivity index (χ0v) is 35.9. The second-order valence-electron chi connectivity index (χ2n) is 17.4. The lowest BCUT2D eigenvalue weighted by Gasteiger charge is -2.47. The number of carbonyl (C=O) groups excluding carboxylic acids is 5. The van der Waals surface area contributed by atoms with Crippen LogP contribution < -0.4 is 5.32 Å². The number of aliphatic hydroxyl groups is 1. The molecular weight excluding hydrogens is 746 g/mol. The predicted octanol–water partition coefficient (Wildman–Crippen LogP) is 4.21. The van der Waals surface area contributed by atoms with Crippen molar-refractivity contribution in [3.63, 3.8) is 0 Å². The van der Waals surface area contributed by atoms with Crippen LogP contribution in [0.2, 0.25) is 0 Å². The molecule has 3 fully saturated rings. The average molecular weight is 810 g/mol. The first kappa shape index (κ1) is 45.3. The topological polar surface area (TPSA) is 180 Å². The highest BCUT2D eigenvalue weighted by atomic mass is 16.7. The predicted molar refractivity (Wildman–Crippen MR) is 214 cm³/mol. The summed E-state index contributed by atoms with van der Waals surface area (Å²) < 4.78 is 31.0. The van der Waals surface area contributed by atoms with E-state index in [0.717, 1.165) is 16.5 Å². The molecule has 2 aromatic rings. The Morgan fingerprint density at radius 1 is 1.02 bits per heavy atom. The van der Waals surface area contributed by atoms with Crippen molar-refractivity contribution in [3.05, 3.63) is 42.1 Å². The van der Waals surface area contributed by atoms with Gasteiger partial charge in [0, 0.05) is 54.8 Å². The van der Waals surface area contributed by atoms with Gasteiger partial charge in [0.15, 0.2) is 17.7 Å². The minimum absolute atomic E-state index is 0.0387. The van der Waals surface area contributed by atoms with E-state index in [0.29, 0.717) is 12.8 Å². The SMILES string of the molecule is CC[C@H]1OC(=O)[C@H](C)C(=O)[C@H](C)[C@@H](O[C@@H]2O[C@H](C)C[C@H](N(C)C)[C@H]2O)[C@](C)(OC)C[C@@H](C)C(=O)[C@H](C)[C@H]2C(NC(=O)CCc3cnc4ccccc4c3)C(=O)O[C@@]21C. The summed E-state index contributed by atoms with van der Waals surface area (Å²) >= 11 is 0. The van der Waals surface area contributed by atoms with Gasteiger partial charge in [0.1, 0.15) is 30.0 Å². The number of esters is 2. The molecule has 14 heteroatoms. The van der Waals surface area contributed by atoms with E-state index < -0.39 is 95.1 Å². The number of benzene rings is 1. The normalized spacial score (nSPS) is 37.9. The number of ketones is 2. The van der Waals surface area contributed by atoms with Crippen molar-refractivity contribution in [1.29, 1.82) is 0 Å². The van der Waals surface area contributed by atoms with E-state index in [2.05, 4.69) is 10.3 Å². The van der Waals surface area contributed by atoms with E-state index in [1.165, 1.54) is 14.0 Å². The highest BCUT2D eigenvalue weighted by Crippen LogP contribution is 2.45. The van der Waals surface area contributed by atoms with Gasteiger partial charge >= 0.3 is 11.9 Å². The monoisotopic (exact) mass is 809 g/mol. The van der Waals surface area contributed by atoms with Crippen molar-refractivity contribution >= 4 is 40.3 Å². The Balaban J connectivity index is 1.48. The molecule has 58 heavy (non-hydrogen) atoms. The summed E-state index contributed by atoms with van der Waals surface area (Å²) in [5.41, 5.74) is -1.18. The zero-order chi connectivity index (χ0) is 42.9. The van der Waals surface area contributed by atoms with Crippen molar-refractivity contribution in [1.82, 2.24) is 15.2 Å². The number of methoxy groups -OCH3 is 1. The van der Waals surface area contributed by atoms with Gasteiger partial charge in [-0.15, -0.1) is 0 Å². The maximum absolute atomic E-state index is 14.7. The van der Waals surface area contributed by atoms with Crippen LogP contribution in [-0.4, -0.2) is 120 Å². The molecule has 320 valence electrons. The average Bonchev–Trinajstić information content (AvgIpc) is 3.45. The molecule has 3 saturated heterocycles. The van der Waals surface area contributed by atoms with Crippen molar-refractivity contribution in [2.24, 2.45) is 29.6 Å². The summed E-state index contributed by atoms with van der Waals surface area (Å²) in [6.45, 7) is 13.5. The molecule has 1 unspecified atom stereocenters. The number of pyridine rings is 1. The number of rotatable bonds is 9. The van der Waals surface area contributed by atoms with Gasteiger partial charge in [-0.25, -0.2) is 4.79 Å². The quantitative estimate of drug-likeness (QED) is 0.272. The van der Waals surface area contributed by atoms with Crippen molar-refractivity contribution in [3.8, 4) is 0 Å². The Labute approximate surface area is 342 Å². The fraction of sp³-hybridized carbons (Fsp3) is 0.682. The number of hydrogen-bond acceptors (Lipinski definition) is 13. The molecule has 14 nitrogen and oxygen atoms in total. The van der Waals surface area contributed by atoms with Crippen LogP contribution in [-0.2, 0) is 54.1 Å². The number of Topliss-reactive ketones (excluding diaryl/α,β-unsaturated/α-hetero) is 2. The first-order valence-corrected chi connectivity index (χ1v) is 20.6.